The van der Waals surface area contributed by atoms with Crippen LogP contribution < -0.4 is 11.3 Å². The predicted octanol–water partition coefficient (Wildman–Crippen LogP) is 1.10. The summed E-state index contributed by atoms with van der Waals surface area (Å²) in [6, 6.07) is 3.69. The molecule has 0 fully saturated rings. The van der Waals surface area contributed by atoms with Gasteiger partial charge in [-0.3, -0.25) is 10.8 Å². The molecular weight excluding hydrogens is 150 g/mol. The van der Waals surface area contributed by atoms with Crippen LogP contribution in [0.15, 0.2) is 18.3 Å². The molecule has 0 amide bonds. The fourth-order valence-corrected chi connectivity index (χ4v) is 0.635. The summed E-state index contributed by atoms with van der Waals surface area (Å²) in [7, 11) is 0. The first-order valence-corrected chi connectivity index (χ1v) is 2.72. The standard InChI is InChI=1S/C6H9N3.ClH/c1-5-4-6(9-7)2-3-8-5;/h2-4H,7H2,1H3,(H,8,9);1H. The van der Waals surface area contributed by atoms with Crippen LogP contribution in [0.2, 0.25) is 0 Å². The number of nitrogen functional groups attached to an aromatic ring is 1. The van der Waals surface area contributed by atoms with Gasteiger partial charge in [-0.2, -0.15) is 0 Å². The van der Waals surface area contributed by atoms with E-state index in [1.165, 1.54) is 0 Å². The highest BCUT2D eigenvalue weighted by Gasteiger charge is 1.86. The Morgan fingerprint density at radius 2 is 2.30 bits per heavy atom. The van der Waals surface area contributed by atoms with E-state index in [0.717, 1.165) is 11.4 Å². The zero-order valence-corrected chi connectivity index (χ0v) is 6.48. The minimum atomic E-state index is 0. The Morgan fingerprint density at radius 3 is 2.70 bits per heavy atom. The smallest absolute Gasteiger partial charge is 0.0518 e. The van der Waals surface area contributed by atoms with Crippen LogP contribution in [0.3, 0.4) is 0 Å². The third-order valence-electron chi connectivity index (χ3n) is 1.06. The molecular formula is C6H10ClN3. The molecule has 0 spiro atoms. The van der Waals surface area contributed by atoms with Crippen molar-refractivity contribution in [3.63, 3.8) is 0 Å². The van der Waals surface area contributed by atoms with E-state index in [2.05, 4.69) is 10.4 Å². The molecule has 0 saturated carbocycles. The Balaban J connectivity index is 0.000000810. The zero-order valence-electron chi connectivity index (χ0n) is 5.66. The maximum Gasteiger partial charge on any atom is 0.0518 e. The molecule has 10 heavy (non-hydrogen) atoms. The molecule has 0 unspecified atom stereocenters. The molecule has 1 heterocycles. The summed E-state index contributed by atoms with van der Waals surface area (Å²) in [6.45, 7) is 1.92. The van der Waals surface area contributed by atoms with Crippen molar-refractivity contribution < 1.29 is 0 Å². The lowest BCUT2D eigenvalue weighted by atomic mass is 10.3. The van der Waals surface area contributed by atoms with E-state index >= 15 is 0 Å². The number of rotatable bonds is 1. The molecule has 1 rings (SSSR count). The number of nitrogens with zero attached hydrogens (tertiary/aromatic N) is 1. The van der Waals surface area contributed by atoms with E-state index < -0.39 is 0 Å². The molecule has 3 N–H and O–H groups in total. The van der Waals surface area contributed by atoms with Crippen LogP contribution in [-0.2, 0) is 0 Å². The molecule has 0 radical (unpaired) electrons. The van der Waals surface area contributed by atoms with Crippen molar-refractivity contribution in [3.8, 4) is 0 Å². The number of hydrogen-bond acceptors (Lipinski definition) is 3. The molecule has 0 aliphatic carbocycles. The first-order chi connectivity index (χ1) is 4.33. The van der Waals surface area contributed by atoms with Gasteiger partial charge in [0.15, 0.2) is 0 Å². The SMILES string of the molecule is Cc1cc(NN)ccn1.Cl. The lowest BCUT2D eigenvalue weighted by Gasteiger charge is -1.97. The van der Waals surface area contributed by atoms with Crippen LogP contribution in [0.25, 0.3) is 0 Å². The summed E-state index contributed by atoms with van der Waals surface area (Å²) >= 11 is 0. The zero-order chi connectivity index (χ0) is 6.69. The quantitative estimate of drug-likeness (QED) is 0.477. The topological polar surface area (TPSA) is 50.9 Å². The van der Waals surface area contributed by atoms with Crippen molar-refractivity contribution in [2.75, 3.05) is 5.43 Å². The summed E-state index contributed by atoms with van der Waals surface area (Å²) in [5.74, 6) is 5.14. The van der Waals surface area contributed by atoms with E-state index in [1.807, 2.05) is 19.1 Å². The van der Waals surface area contributed by atoms with Crippen molar-refractivity contribution in [1.82, 2.24) is 4.98 Å². The van der Waals surface area contributed by atoms with Gasteiger partial charge in [-0.15, -0.1) is 12.4 Å². The number of aryl methyl sites for hydroxylation is 1. The summed E-state index contributed by atoms with van der Waals surface area (Å²) in [4.78, 5) is 3.99. The normalized spacial score (nSPS) is 8.20. The van der Waals surface area contributed by atoms with Gasteiger partial charge in [-0.25, -0.2) is 0 Å². The van der Waals surface area contributed by atoms with Gasteiger partial charge in [-0.1, -0.05) is 0 Å². The van der Waals surface area contributed by atoms with Gasteiger partial charge in [0.1, 0.15) is 0 Å². The van der Waals surface area contributed by atoms with Gasteiger partial charge < -0.3 is 5.43 Å². The molecule has 0 atom stereocenters. The van der Waals surface area contributed by atoms with E-state index in [-0.39, 0.29) is 12.4 Å². The number of anilines is 1. The lowest BCUT2D eigenvalue weighted by Crippen LogP contribution is -2.06. The first-order valence-electron chi connectivity index (χ1n) is 2.72. The molecule has 3 nitrogen and oxygen atoms in total. The van der Waals surface area contributed by atoms with Crippen LogP contribution in [0.1, 0.15) is 5.69 Å². The molecule has 0 bridgehead atoms. The summed E-state index contributed by atoms with van der Waals surface area (Å²) in [5.41, 5.74) is 4.38. The molecule has 0 saturated heterocycles. The van der Waals surface area contributed by atoms with Crippen molar-refractivity contribution in [3.05, 3.63) is 24.0 Å². The minimum Gasteiger partial charge on any atom is -0.324 e. The number of pyridine rings is 1. The van der Waals surface area contributed by atoms with E-state index in [9.17, 15) is 0 Å². The van der Waals surface area contributed by atoms with Gasteiger partial charge in [0, 0.05) is 11.9 Å². The van der Waals surface area contributed by atoms with Gasteiger partial charge in [-0.05, 0) is 19.1 Å². The third-order valence-corrected chi connectivity index (χ3v) is 1.06. The van der Waals surface area contributed by atoms with Gasteiger partial charge in [0.05, 0.1) is 5.69 Å². The number of hydrogen-bond donors (Lipinski definition) is 2. The Hall–Kier alpha value is -0.800. The van der Waals surface area contributed by atoms with Crippen molar-refractivity contribution >= 4 is 18.1 Å². The van der Waals surface area contributed by atoms with E-state index in [4.69, 9.17) is 5.84 Å². The Kier molecular flexibility index (Phi) is 3.76. The number of aromatic nitrogens is 1. The Bertz CT molecular complexity index is 202. The molecule has 0 aliphatic rings. The molecule has 0 aliphatic heterocycles. The van der Waals surface area contributed by atoms with Crippen LogP contribution in [-0.4, -0.2) is 4.98 Å². The minimum absolute atomic E-state index is 0. The highest BCUT2D eigenvalue weighted by atomic mass is 35.5. The van der Waals surface area contributed by atoms with Crippen molar-refractivity contribution in [2.45, 2.75) is 6.92 Å². The van der Waals surface area contributed by atoms with Gasteiger partial charge >= 0.3 is 0 Å². The highest BCUT2D eigenvalue weighted by Crippen LogP contribution is 2.03. The molecule has 0 aromatic carbocycles. The third kappa shape index (κ3) is 2.21. The second kappa shape index (κ2) is 4.09. The van der Waals surface area contributed by atoms with Gasteiger partial charge in [0.25, 0.3) is 0 Å². The average molecular weight is 160 g/mol. The summed E-state index contributed by atoms with van der Waals surface area (Å²) < 4.78 is 0. The fraction of sp³-hybridized carbons (Fsp3) is 0.167. The molecule has 1 aromatic heterocycles. The number of hydrazine groups is 1. The maximum atomic E-state index is 5.14. The van der Waals surface area contributed by atoms with Crippen LogP contribution in [0.4, 0.5) is 5.69 Å². The average Bonchev–Trinajstić information content (AvgIpc) is 1.88. The molecule has 1 aromatic rings. The maximum absolute atomic E-state index is 5.14. The Labute approximate surface area is 66.0 Å². The van der Waals surface area contributed by atoms with Crippen molar-refractivity contribution in [2.24, 2.45) is 5.84 Å². The number of nitrogens with two attached hydrogens (primary N) is 1. The van der Waals surface area contributed by atoms with Crippen LogP contribution >= 0.6 is 12.4 Å². The second-order valence-corrected chi connectivity index (χ2v) is 1.83. The predicted molar refractivity (Wildman–Crippen MR) is 44.0 cm³/mol. The van der Waals surface area contributed by atoms with Crippen molar-refractivity contribution in [1.29, 1.82) is 0 Å². The second-order valence-electron chi connectivity index (χ2n) is 1.83. The number of nitrogens with one attached hydrogen (secondary N) is 1. The Morgan fingerprint density at radius 1 is 1.60 bits per heavy atom. The van der Waals surface area contributed by atoms with E-state index in [1.54, 1.807) is 6.20 Å². The summed E-state index contributed by atoms with van der Waals surface area (Å²) in [5, 5.41) is 0. The largest absolute Gasteiger partial charge is 0.324 e. The monoisotopic (exact) mass is 159 g/mol. The summed E-state index contributed by atoms with van der Waals surface area (Å²) in [6.07, 6.45) is 1.71. The van der Waals surface area contributed by atoms with Crippen LogP contribution in [0, 0.1) is 6.92 Å². The van der Waals surface area contributed by atoms with Crippen LogP contribution in [0.5, 0.6) is 0 Å². The highest BCUT2D eigenvalue weighted by molar-refractivity contribution is 5.85. The molecule has 56 valence electrons. The number of halogens is 1. The van der Waals surface area contributed by atoms with Gasteiger partial charge in [0.2, 0.25) is 0 Å². The first kappa shape index (κ1) is 9.20. The fourth-order valence-electron chi connectivity index (χ4n) is 0.635. The lowest BCUT2D eigenvalue weighted by molar-refractivity contribution is 1.19. The molecule has 4 heteroatoms. The van der Waals surface area contributed by atoms with E-state index in [0.29, 0.717) is 0 Å².